The van der Waals surface area contributed by atoms with Crippen molar-refractivity contribution in [2.45, 2.75) is 50.5 Å². The number of carbonyl (C=O) groups excluding carboxylic acids is 1. The summed E-state index contributed by atoms with van der Waals surface area (Å²) in [5, 5.41) is 3.15. The van der Waals surface area contributed by atoms with Crippen LogP contribution >= 0.6 is 0 Å². The van der Waals surface area contributed by atoms with Crippen molar-refractivity contribution >= 4 is 5.91 Å². The van der Waals surface area contributed by atoms with Gasteiger partial charge in [-0.25, -0.2) is 4.39 Å². The standard InChI is InChI=1S/C18H23FN2O2/c19-16-7-2-1-4-12(16)9-21-10-14-8-15(17(11-21)23-14)18(22)20-13-5-3-6-13/h1-2,4,7,13-15,17H,3,5-6,8-11H2,(H,20,22)/t14-,15+,17-/m1/s1. The fraction of sp³-hybridized carbons (Fsp3) is 0.611. The minimum atomic E-state index is -0.161. The van der Waals surface area contributed by atoms with E-state index in [2.05, 4.69) is 10.2 Å². The smallest absolute Gasteiger partial charge is 0.226 e. The van der Waals surface area contributed by atoms with E-state index < -0.39 is 0 Å². The minimum absolute atomic E-state index is 0.0498. The van der Waals surface area contributed by atoms with E-state index in [-0.39, 0.29) is 29.9 Å². The van der Waals surface area contributed by atoms with Gasteiger partial charge >= 0.3 is 0 Å². The highest BCUT2D eigenvalue weighted by molar-refractivity contribution is 5.80. The summed E-state index contributed by atoms with van der Waals surface area (Å²) in [6, 6.07) is 7.27. The van der Waals surface area contributed by atoms with Crippen LogP contribution in [0, 0.1) is 11.7 Å². The van der Waals surface area contributed by atoms with Crippen LogP contribution < -0.4 is 5.32 Å². The number of hydrogen-bond acceptors (Lipinski definition) is 3. The quantitative estimate of drug-likeness (QED) is 0.924. The molecule has 1 amide bonds. The summed E-state index contributed by atoms with van der Waals surface area (Å²) < 4.78 is 19.8. The molecule has 4 nitrogen and oxygen atoms in total. The van der Waals surface area contributed by atoms with Gasteiger partial charge in [-0.1, -0.05) is 18.2 Å². The van der Waals surface area contributed by atoms with Crippen molar-refractivity contribution in [3.8, 4) is 0 Å². The second-order valence-electron chi connectivity index (χ2n) is 7.06. The van der Waals surface area contributed by atoms with Gasteiger partial charge in [0.2, 0.25) is 5.91 Å². The third-order valence-corrected chi connectivity index (χ3v) is 5.37. The highest BCUT2D eigenvalue weighted by Crippen LogP contribution is 2.33. The van der Waals surface area contributed by atoms with Crippen molar-refractivity contribution in [2.75, 3.05) is 13.1 Å². The Labute approximate surface area is 136 Å². The van der Waals surface area contributed by atoms with Crippen molar-refractivity contribution in [1.29, 1.82) is 0 Å². The Bertz CT molecular complexity index is 590. The van der Waals surface area contributed by atoms with E-state index in [9.17, 15) is 9.18 Å². The molecule has 1 aliphatic carbocycles. The molecule has 23 heavy (non-hydrogen) atoms. The zero-order valence-corrected chi connectivity index (χ0v) is 13.2. The van der Waals surface area contributed by atoms with Crippen molar-refractivity contribution in [1.82, 2.24) is 10.2 Å². The molecule has 2 aliphatic heterocycles. The summed E-state index contributed by atoms with van der Waals surface area (Å²) in [6.45, 7) is 2.06. The SMILES string of the molecule is O=C(NC1CCC1)[C@H]1C[C@@H]2CN(Cc3ccccc3F)C[C@H]1O2. The van der Waals surface area contributed by atoms with Gasteiger partial charge in [-0.05, 0) is 31.7 Å². The lowest BCUT2D eigenvalue weighted by Gasteiger charge is -2.33. The number of fused-ring (bicyclic) bond motifs is 2. The molecule has 0 unspecified atom stereocenters. The average molecular weight is 318 g/mol. The summed E-state index contributed by atoms with van der Waals surface area (Å²) in [6.07, 6.45) is 4.25. The summed E-state index contributed by atoms with van der Waals surface area (Å²) in [5.41, 5.74) is 0.712. The number of carbonyl (C=O) groups is 1. The lowest BCUT2D eigenvalue weighted by molar-refractivity contribution is -0.129. The van der Waals surface area contributed by atoms with Crippen LogP contribution in [0.4, 0.5) is 4.39 Å². The number of benzene rings is 1. The highest BCUT2D eigenvalue weighted by atomic mass is 19.1. The third-order valence-electron chi connectivity index (χ3n) is 5.37. The topological polar surface area (TPSA) is 41.6 Å². The third kappa shape index (κ3) is 3.12. The van der Waals surface area contributed by atoms with Crippen molar-refractivity contribution in [2.24, 2.45) is 5.92 Å². The molecular weight excluding hydrogens is 295 g/mol. The van der Waals surface area contributed by atoms with Crippen LogP contribution in [0.2, 0.25) is 0 Å². The maximum Gasteiger partial charge on any atom is 0.226 e. The molecule has 1 aromatic carbocycles. The predicted molar refractivity (Wildman–Crippen MR) is 84.2 cm³/mol. The van der Waals surface area contributed by atoms with Crippen LogP contribution in [0.25, 0.3) is 0 Å². The van der Waals surface area contributed by atoms with Gasteiger partial charge in [0.15, 0.2) is 0 Å². The van der Waals surface area contributed by atoms with Gasteiger partial charge in [0.25, 0.3) is 0 Å². The molecule has 2 bridgehead atoms. The zero-order valence-electron chi connectivity index (χ0n) is 13.2. The van der Waals surface area contributed by atoms with E-state index in [1.807, 2.05) is 12.1 Å². The van der Waals surface area contributed by atoms with E-state index in [4.69, 9.17) is 4.74 Å². The van der Waals surface area contributed by atoms with Gasteiger partial charge in [0, 0.05) is 31.2 Å². The maximum absolute atomic E-state index is 13.8. The van der Waals surface area contributed by atoms with Gasteiger partial charge in [-0.2, -0.15) is 0 Å². The summed E-state index contributed by atoms with van der Waals surface area (Å²) in [5.74, 6) is -0.0632. The molecule has 3 aliphatic rings. The lowest BCUT2D eigenvalue weighted by Crippen LogP contribution is -2.47. The van der Waals surface area contributed by atoms with Crippen LogP contribution in [0.15, 0.2) is 24.3 Å². The number of amides is 1. The molecule has 3 fully saturated rings. The Kier molecular flexibility index (Phi) is 4.07. The second kappa shape index (κ2) is 6.21. The second-order valence-corrected chi connectivity index (χ2v) is 7.06. The first-order valence-electron chi connectivity index (χ1n) is 8.60. The van der Waals surface area contributed by atoms with Crippen LogP contribution in [0.5, 0.6) is 0 Å². The number of nitrogens with one attached hydrogen (secondary N) is 1. The zero-order chi connectivity index (χ0) is 15.8. The first-order valence-corrected chi connectivity index (χ1v) is 8.60. The van der Waals surface area contributed by atoms with Crippen LogP contribution in [-0.2, 0) is 16.1 Å². The van der Waals surface area contributed by atoms with Crippen LogP contribution in [0.1, 0.15) is 31.2 Å². The number of morpholine rings is 1. The molecule has 3 atom stereocenters. The lowest BCUT2D eigenvalue weighted by atomic mass is 9.91. The van der Waals surface area contributed by atoms with E-state index in [0.29, 0.717) is 24.7 Å². The molecule has 1 saturated carbocycles. The first kappa shape index (κ1) is 15.1. The Balaban J connectivity index is 1.38. The number of ether oxygens (including phenoxy) is 1. The average Bonchev–Trinajstić information content (AvgIpc) is 2.80. The maximum atomic E-state index is 13.8. The molecule has 0 spiro atoms. The molecule has 2 heterocycles. The van der Waals surface area contributed by atoms with E-state index in [1.165, 1.54) is 12.5 Å². The highest BCUT2D eigenvalue weighted by Gasteiger charge is 2.45. The molecule has 0 radical (unpaired) electrons. The summed E-state index contributed by atoms with van der Waals surface area (Å²) in [7, 11) is 0. The van der Waals surface area contributed by atoms with Gasteiger partial charge in [0.05, 0.1) is 18.1 Å². The van der Waals surface area contributed by atoms with Gasteiger partial charge in [-0.15, -0.1) is 0 Å². The largest absolute Gasteiger partial charge is 0.371 e. The summed E-state index contributed by atoms with van der Waals surface area (Å²) in [4.78, 5) is 14.7. The van der Waals surface area contributed by atoms with E-state index >= 15 is 0 Å². The Hall–Kier alpha value is -1.46. The molecule has 4 rings (SSSR count). The van der Waals surface area contributed by atoms with Gasteiger partial charge in [0.1, 0.15) is 5.82 Å². The summed E-state index contributed by atoms with van der Waals surface area (Å²) >= 11 is 0. The van der Waals surface area contributed by atoms with Crippen molar-refractivity contribution in [3.63, 3.8) is 0 Å². The fourth-order valence-corrected chi connectivity index (χ4v) is 3.87. The van der Waals surface area contributed by atoms with Gasteiger partial charge < -0.3 is 10.1 Å². The molecule has 5 heteroatoms. The molecule has 1 N–H and O–H groups in total. The van der Waals surface area contributed by atoms with Gasteiger partial charge in [-0.3, -0.25) is 9.69 Å². The predicted octanol–water partition coefficient (Wildman–Crippen LogP) is 2.08. The fourth-order valence-electron chi connectivity index (χ4n) is 3.87. The molecular formula is C18H23FN2O2. The van der Waals surface area contributed by atoms with Crippen molar-refractivity contribution in [3.05, 3.63) is 35.6 Å². The van der Waals surface area contributed by atoms with Crippen molar-refractivity contribution < 1.29 is 13.9 Å². The number of halogens is 1. The molecule has 1 aromatic rings. The number of likely N-dealkylation sites (tertiary alicyclic amines) is 1. The first-order chi connectivity index (χ1) is 11.2. The van der Waals surface area contributed by atoms with E-state index in [1.54, 1.807) is 6.07 Å². The Morgan fingerprint density at radius 1 is 1.30 bits per heavy atom. The Morgan fingerprint density at radius 3 is 2.87 bits per heavy atom. The Morgan fingerprint density at radius 2 is 2.13 bits per heavy atom. The number of nitrogens with zero attached hydrogens (tertiary/aromatic N) is 1. The molecule has 0 aromatic heterocycles. The normalized spacial score (nSPS) is 30.9. The number of hydrogen-bond donors (Lipinski definition) is 1. The van der Waals surface area contributed by atoms with Crippen LogP contribution in [-0.4, -0.2) is 42.1 Å². The van der Waals surface area contributed by atoms with Crippen LogP contribution in [0.3, 0.4) is 0 Å². The minimum Gasteiger partial charge on any atom is -0.371 e. The monoisotopic (exact) mass is 318 g/mol. The number of rotatable bonds is 4. The molecule has 2 saturated heterocycles. The van der Waals surface area contributed by atoms with E-state index in [0.717, 1.165) is 25.8 Å². The molecule has 124 valence electrons.